The summed E-state index contributed by atoms with van der Waals surface area (Å²) in [5.74, 6) is 1.12. The van der Waals surface area contributed by atoms with Crippen LogP contribution in [0.1, 0.15) is 36.8 Å². The molecule has 0 radical (unpaired) electrons. The van der Waals surface area contributed by atoms with Crippen LogP contribution < -0.4 is 4.74 Å². The lowest BCUT2D eigenvalue weighted by Gasteiger charge is -2.11. The van der Waals surface area contributed by atoms with Gasteiger partial charge in [0, 0.05) is 18.1 Å². The highest BCUT2D eigenvalue weighted by Crippen LogP contribution is 2.32. The SMILES string of the molecule is CC(C)Oc1ccc(-c2cc(C(O)Cc3ccc(C#N)cc3)no2)cc1Cl. The molecule has 0 spiro atoms. The number of hydrogen-bond acceptors (Lipinski definition) is 5. The molecule has 1 unspecified atom stereocenters. The molecule has 0 aliphatic heterocycles. The number of benzene rings is 2. The molecule has 0 bridgehead atoms. The maximum atomic E-state index is 10.4. The Morgan fingerprint density at radius 3 is 2.56 bits per heavy atom. The lowest BCUT2D eigenvalue weighted by Crippen LogP contribution is -2.05. The van der Waals surface area contributed by atoms with Gasteiger partial charge in [0.05, 0.1) is 22.8 Å². The fourth-order valence-corrected chi connectivity index (χ4v) is 2.85. The van der Waals surface area contributed by atoms with Crippen LogP contribution in [-0.4, -0.2) is 16.4 Å². The zero-order chi connectivity index (χ0) is 19.4. The van der Waals surface area contributed by atoms with E-state index in [4.69, 9.17) is 26.1 Å². The lowest BCUT2D eigenvalue weighted by molar-refractivity contribution is 0.168. The van der Waals surface area contributed by atoms with Crippen molar-refractivity contribution >= 4 is 11.6 Å². The van der Waals surface area contributed by atoms with Crippen LogP contribution in [0.25, 0.3) is 11.3 Å². The van der Waals surface area contributed by atoms with Gasteiger partial charge in [0.1, 0.15) is 17.5 Å². The van der Waals surface area contributed by atoms with Gasteiger partial charge in [-0.05, 0) is 49.7 Å². The average molecular weight is 383 g/mol. The Labute approximate surface area is 162 Å². The molecule has 2 aromatic carbocycles. The van der Waals surface area contributed by atoms with Gasteiger partial charge in [-0.25, -0.2) is 0 Å². The van der Waals surface area contributed by atoms with Gasteiger partial charge >= 0.3 is 0 Å². The Morgan fingerprint density at radius 2 is 1.93 bits per heavy atom. The number of aromatic nitrogens is 1. The summed E-state index contributed by atoms with van der Waals surface area (Å²) in [5, 5.41) is 23.7. The average Bonchev–Trinajstić information content (AvgIpc) is 3.14. The van der Waals surface area contributed by atoms with Crippen molar-refractivity contribution in [2.24, 2.45) is 0 Å². The lowest BCUT2D eigenvalue weighted by atomic mass is 10.0. The fourth-order valence-electron chi connectivity index (χ4n) is 2.63. The number of rotatable bonds is 6. The van der Waals surface area contributed by atoms with E-state index in [0.717, 1.165) is 11.1 Å². The van der Waals surface area contributed by atoms with E-state index < -0.39 is 6.10 Å². The van der Waals surface area contributed by atoms with E-state index in [1.807, 2.05) is 32.0 Å². The maximum Gasteiger partial charge on any atom is 0.167 e. The first-order valence-corrected chi connectivity index (χ1v) is 8.94. The zero-order valence-electron chi connectivity index (χ0n) is 15.0. The van der Waals surface area contributed by atoms with Crippen molar-refractivity contribution < 1.29 is 14.4 Å². The van der Waals surface area contributed by atoms with Gasteiger partial charge in [0.15, 0.2) is 5.76 Å². The standard InChI is InChI=1S/C21H19ClN2O3/c1-13(2)26-20-8-7-16(10-17(20)22)21-11-18(24-27-21)19(25)9-14-3-5-15(12-23)6-4-14/h3-8,10-11,13,19,25H,9H2,1-2H3. The van der Waals surface area contributed by atoms with Gasteiger partial charge in [0.25, 0.3) is 0 Å². The summed E-state index contributed by atoms with van der Waals surface area (Å²) in [5.41, 5.74) is 2.68. The predicted octanol–water partition coefficient (Wildman–Crippen LogP) is 4.93. The first kappa shape index (κ1) is 19.0. The maximum absolute atomic E-state index is 10.4. The summed E-state index contributed by atoms with van der Waals surface area (Å²) >= 11 is 6.27. The van der Waals surface area contributed by atoms with Gasteiger partial charge in [-0.3, -0.25) is 0 Å². The van der Waals surface area contributed by atoms with Crippen molar-refractivity contribution in [3.05, 3.63) is 70.4 Å². The van der Waals surface area contributed by atoms with Gasteiger partial charge in [-0.2, -0.15) is 5.26 Å². The van der Waals surface area contributed by atoms with Crippen LogP contribution in [0.2, 0.25) is 5.02 Å². The summed E-state index contributed by atoms with van der Waals surface area (Å²) in [7, 11) is 0. The van der Waals surface area contributed by atoms with Crippen LogP contribution in [0.15, 0.2) is 53.1 Å². The van der Waals surface area contributed by atoms with E-state index >= 15 is 0 Å². The molecular weight excluding hydrogens is 364 g/mol. The van der Waals surface area contributed by atoms with Gasteiger partial charge in [-0.1, -0.05) is 28.9 Å². The highest BCUT2D eigenvalue weighted by molar-refractivity contribution is 6.32. The van der Waals surface area contributed by atoms with Gasteiger partial charge < -0.3 is 14.4 Å². The quantitative estimate of drug-likeness (QED) is 0.653. The van der Waals surface area contributed by atoms with Crippen LogP contribution in [0.4, 0.5) is 0 Å². The Balaban J connectivity index is 1.73. The monoisotopic (exact) mass is 382 g/mol. The first-order chi connectivity index (χ1) is 13.0. The van der Waals surface area contributed by atoms with E-state index in [-0.39, 0.29) is 6.10 Å². The van der Waals surface area contributed by atoms with Crippen LogP contribution in [0, 0.1) is 11.3 Å². The minimum absolute atomic E-state index is 0.0302. The van der Waals surface area contributed by atoms with Crippen molar-refractivity contribution in [3.8, 4) is 23.1 Å². The van der Waals surface area contributed by atoms with Crippen molar-refractivity contribution in [1.82, 2.24) is 5.16 Å². The summed E-state index contributed by atoms with van der Waals surface area (Å²) in [6.45, 7) is 3.87. The number of hydrogen-bond donors (Lipinski definition) is 1. The molecule has 0 saturated carbocycles. The Kier molecular flexibility index (Phi) is 5.80. The van der Waals surface area contributed by atoms with E-state index in [1.165, 1.54) is 0 Å². The molecule has 0 aliphatic carbocycles. The van der Waals surface area contributed by atoms with E-state index in [9.17, 15) is 5.11 Å². The molecule has 0 fully saturated rings. The number of aliphatic hydroxyl groups excluding tert-OH is 1. The van der Waals surface area contributed by atoms with Gasteiger partial charge in [-0.15, -0.1) is 0 Å². The summed E-state index contributed by atoms with van der Waals surface area (Å²) in [4.78, 5) is 0. The summed E-state index contributed by atoms with van der Waals surface area (Å²) in [6.07, 6.45) is -0.406. The first-order valence-electron chi connectivity index (χ1n) is 8.56. The summed E-state index contributed by atoms with van der Waals surface area (Å²) < 4.78 is 11.0. The molecule has 3 rings (SSSR count). The number of aliphatic hydroxyl groups is 1. The molecule has 27 heavy (non-hydrogen) atoms. The normalized spacial score (nSPS) is 12.0. The zero-order valence-corrected chi connectivity index (χ0v) is 15.8. The minimum atomic E-state index is -0.811. The number of nitriles is 1. The Morgan fingerprint density at radius 1 is 1.19 bits per heavy atom. The molecule has 0 saturated heterocycles. The molecule has 1 N–H and O–H groups in total. The van der Waals surface area contributed by atoms with Gasteiger partial charge in [0.2, 0.25) is 0 Å². The molecule has 5 nitrogen and oxygen atoms in total. The second-order valence-electron chi connectivity index (χ2n) is 6.46. The second kappa shape index (κ2) is 8.26. The third-order valence-electron chi connectivity index (χ3n) is 3.96. The largest absolute Gasteiger partial charge is 0.489 e. The van der Waals surface area contributed by atoms with Crippen LogP contribution in [0.3, 0.4) is 0 Å². The molecule has 6 heteroatoms. The topological polar surface area (TPSA) is 79.3 Å². The van der Waals surface area contributed by atoms with E-state index in [1.54, 1.807) is 30.3 Å². The van der Waals surface area contributed by atoms with E-state index in [0.29, 0.717) is 34.2 Å². The summed E-state index contributed by atoms with van der Waals surface area (Å²) in [6, 6.07) is 16.2. The number of ether oxygens (including phenoxy) is 1. The van der Waals surface area contributed by atoms with E-state index in [2.05, 4.69) is 11.2 Å². The second-order valence-corrected chi connectivity index (χ2v) is 6.86. The smallest absolute Gasteiger partial charge is 0.167 e. The molecule has 1 atom stereocenters. The highest BCUT2D eigenvalue weighted by atomic mass is 35.5. The van der Waals surface area contributed by atoms with Crippen molar-refractivity contribution in [3.63, 3.8) is 0 Å². The molecule has 0 aliphatic rings. The molecule has 1 aromatic heterocycles. The predicted molar refractivity (Wildman–Crippen MR) is 103 cm³/mol. The molecule has 3 aromatic rings. The molecule has 1 heterocycles. The van der Waals surface area contributed by atoms with Crippen molar-refractivity contribution in [2.45, 2.75) is 32.5 Å². The minimum Gasteiger partial charge on any atom is -0.489 e. The van der Waals surface area contributed by atoms with Crippen molar-refractivity contribution in [1.29, 1.82) is 5.26 Å². The number of halogens is 1. The molecular formula is C21H19ClN2O3. The van der Waals surface area contributed by atoms with Crippen LogP contribution in [0.5, 0.6) is 5.75 Å². The van der Waals surface area contributed by atoms with Crippen molar-refractivity contribution in [2.75, 3.05) is 0 Å². The third kappa shape index (κ3) is 4.68. The Bertz CT molecular complexity index is 958. The third-order valence-corrected chi connectivity index (χ3v) is 4.26. The Hall–Kier alpha value is -2.81. The number of nitrogens with zero attached hydrogens (tertiary/aromatic N) is 2. The molecule has 0 amide bonds. The molecule has 138 valence electrons. The highest BCUT2D eigenvalue weighted by Gasteiger charge is 2.16. The fraction of sp³-hybridized carbons (Fsp3) is 0.238. The van der Waals surface area contributed by atoms with Crippen LogP contribution in [-0.2, 0) is 6.42 Å². The van der Waals surface area contributed by atoms with Crippen LogP contribution >= 0.6 is 11.6 Å².